The Kier molecular flexibility index (Phi) is 8.40. The molecule has 0 radical (unpaired) electrons. The van der Waals surface area contributed by atoms with Gasteiger partial charge in [0.2, 0.25) is 0 Å². The Morgan fingerprint density at radius 1 is 1.26 bits per heavy atom. The molecule has 8 heteroatoms. The Balaban J connectivity index is 2.81. The van der Waals surface area contributed by atoms with Gasteiger partial charge in [-0.05, 0) is 57.7 Å². The van der Waals surface area contributed by atoms with Gasteiger partial charge in [0.05, 0.1) is 12.2 Å². The molecule has 0 saturated heterocycles. The molecule has 154 valence electrons. The van der Waals surface area contributed by atoms with E-state index in [1.165, 1.54) is 6.07 Å². The van der Waals surface area contributed by atoms with Crippen molar-refractivity contribution in [3.05, 3.63) is 29.3 Å². The summed E-state index contributed by atoms with van der Waals surface area (Å²) in [6, 6.07) is 3.12. The van der Waals surface area contributed by atoms with Crippen LogP contribution in [0, 0.1) is 0 Å². The van der Waals surface area contributed by atoms with Crippen LogP contribution in [0.3, 0.4) is 0 Å². The number of hydrogen-bond donors (Lipinski definition) is 2. The van der Waals surface area contributed by atoms with Gasteiger partial charge in [-0.2, -0.15) is 13.2 Å². The second kappa shape index (κ2) is 9.82. The van der Waals surface area contributed by atoms with Crippen LogP contribution < -0.4 is 10.1 Å². The van der Waals surface area contributed by atoms with E-state index in [1.54, 1.807) is 20.8 Å². The van der Waals surface area contributed by atoms with E-state index >= 15 is 0 Å². The number of amides is 1. The Morgan fingerprint density at radius 3 is 2.44 bits per heavy atom. The van der Waals surface area contributed by atoms with Gasteiger partial charge in [0.25, 0.3) is 0 Å². The third-order valence-electron chi connectivity index (χ3n) is 3.72. The average molecular weight is 391 g/mol. The molecule has 0 saturated carbocycles. The van der Waals surface area contributed by atoms with Gasteiger partial charge in [-0.3, -0.25) is 0 Å². The summed E-state index contributed by atoms with van der Waals surface area (Å²) in [5, 5.41) is 11.7. The lowest BCUT2D eigenvalue weighted by atomic mass is 10.0. The number of halogens is 3. The average Bonchev–Trinajstić information content (AvgIpc) is 2.54. The topological polar surface area (TPSA) is 67.8 Å². The number of rotatable bonds is 8. The molecule has 0 aliphatic rings. The molecule has 1 unspecified atom stereocenters. The van der Waals surface area contributed by atoms with E-state index in [0.717, 1.165) is 12.1 Å². The van der Waals surface area contributed by atoms with Gasteiger partial charge in [-0.15, -0.1) is 0 Å². The fourth-order valence-electron chi connectivity index (χ4n) is 2.41. The summed E-state index contributed by atoms with van der Waals surface area (Å²) in [6.07, 6.45) is -3.44. The van der Waals surface area contributed by atoms with Crippen LogP contribution in [0.5, 0.6) is 5.75 Å². The summed E-state index contributed by atoms with van der Waals surface area (Å²) in [7, 11) is 0. The van der Waals surface area contributed by atoms with Crippen LogP contribution in [0.25, 0.3) is 0 Å². The first-order valence-electron chi connectivity index (χ1n) is 8.89. The molecule has 1 aromatic rings. The minimum absolute atomic E-state index is 0.0889. The third-order valence-corrected chi connectivity index (χ3v) is 3.72. The van der Waals surface area contributed by atoms with Crippen LogP contribution in [0.15, 0.2) is 18.2 Å². The first-order chi connectivity index (χ1) is 12.5. The molecule has 5 nitrogen and oxygen atoms in total. The number of nitrogens with one attached hydrogen (secondary N) is 1. The second-order valence-electron chi connectivity index (χ2n) is 7.18. The molecule has 0 fully saturated rings. The SMILES string of the molecule is CCC(CCc1ccc(C(F)(F)F)cc1OCCO)NC(=O)OC(C)(C)C. The molecular weight excluding hydrogens is 363 g/mol. The number of alkyl carbamates (subject to hydrolysis) is 1. The predicted molar refractivity (Wildman–Crippen MR) is 95.8 cm³/mol. The molecule has 1 amide bonds. The Morgan fingerprint density at radius 2 is 1.93 bits per heavy atom. The summed E-state index contributed by atoms with van der Waals surface area (Å²) in [4.78, 5) is 11.9. The van der Waals surface area contributed by atoms with Crippen LogP contribution >= 0.6 is 0 Å². The van der Waals surface area contributed by atoms with Crippen molar-refractivity contribution >= 4 is 6.09 Å². The zero-order chi connectivity index (χ0) is 20.7. The van der Waals surface area contributed by atoms with Crippen LogP contribution in [-0.4, -0.2) is 36.1 Å². The highest BCUT2D eigenvalue weighted by Gasteiger charge is 2.31. The zero-order valence-electron chi connectivity index (χ0n) is 16.2. The minimum Gasteiger partial charge on any atom is -0.491 e. The summed E-state index contributed by atoms with van der Waals surface area (Å²) < 4.78 is 49.2. The highest BCUT2D eigenvalue weighted by molar-refractivity contribution is 5.68. The van der Waals surface area contributed by atoms with Gasteiger partial charge >= 0.3 is 12.3 Å². The van der Waals surface area contributed by atoms with E-state index in [-0.39, 0.29) is 25.0 Å². The number of carbonyl (C=O) groups is 1. The highest BCUT2D eigenvalue weighted by Crippen LogP contribution is 2.33. The quantitative estimate of drug-likeness (QED) is 0.693. The molecule has 2 N–H and O–H groups in total. The molecule has 1 aromatic carbocycles. The van der Waals surface area contributed by atoms with E-state index in [2.05, 4.69) is 5.32 Å². The van der Waals surface area contributed by atoms with Gasteiger partial charge in [-0.1, -0.05) is 13.0 Å². The molecular formula is C19H28F3NO4. The molecule has 1 rings (SSSR count). The van der Waals surface area contributed by atoms with Crippen molar-refractivity contribution in [1.82, 2.24) is 5.32 Å². The summed E-state index contributed by atoms with van der Waals surface area (Å²) in [5.74, 6) is 0.0889. The van der Waals surface area contributed by atoms with Crippen LogP contribution in [-0.2, 0) is 17.3 Å². The fourth-order valence-corrected chi connectivity index (χ4v) is 2.41. The number of aliphatic hydroxyl groups is 1. The van der Waals surface area contributed by atoms with E-state index in [4.69, 9.17) is 14.6 Å². The first-order valence-corrected chi connectivity index (χ1v) is 8.89. The van der Waals surface area contributed by atoms with Crippen molar-refractivity contribution in [2.45, 2.75) is 64.8 Å². The maximum atomic E-state index is 12.9. The van der Waals surface area contributed by atoms with Crippen LogP contribution in [0.4, 0.5) is 18.0 Å². The standard InChI is InChI=1S/C19H28F3NO4/c1-5-15(23-17(25)27-18(2,3)4)9-7-13-6-8-14(19(20,21)22)12-16(13)26-11-10-24/h6,8,12,15,24H,5,7,9-11H2,1-4H3,(H,23,25). The number of aliphatic hydroxyl groups excluding tert-OH is 1. The smallest absolute Gasteiger partial charge is 0.416 e. The first kappa shape index (κ1) is 23.1. The Labute approximate surface area is 157 Å². The maximum Gasteiger partial charge on any atom is 0.416 e. The zero-order valence-corrected chi connectivity index (χ0v) is 16.2. The highest BCUT2D eigenvalue weighted by atomic mass is 19.4. The van der Waals surface area contributed by atoms with Gasteiger partial charge < -0.3 is 19.9 Å². The number of hydrogen-bond acceptors (Lipinski definition) is 4. The lowest BCUT2D eigenvalue weighted by Crippen LogP contribution is -2.39. The number of benzene rings is 1. The van der Waals surface area contributed by atoms with Crippen molar-refractivity contribution in [1.29, 1.82) is 0 Å². The van der Waals surface area contributed by atoms with Crippen molar-refractivity contribution in [3.63, 3.8) is 0 Å². The third kappa shape index (κ3) is 8.51. The number of aryl methyl sites for hydroxylation is 1. The maximum absolute atomic E-state index is 12.9. The molecule has 27 heavy (non-hydrogen) atoms. The van der Waals surface area contributed by atoms with Crippen LogP contribution in [0.2, 0.25) is 0 Å². The lowest BCUT2D eigenvalue weighted by Gasteiger charge is -2.23. The minimum atomic E-state index is -4.47. The molecule has 0 heterocycles. The van der Waals surface area contributed by atoms with E-state index in [9.17, 15) is 18.0 Å². The van der Waals surface area contributed by atoms with Gasteiger partial charge in [0, 0.05) is 6.04 Å². The van der Waals surface area contributed by atoms with Crippen molar-refractivity contribution in [3.8, 4) is 5.75 Å². The normalized spacial score (nSPS) is 13.2. The van der Waals surface area contributed by atoms with E-state index in [0.29, 0.717) is 24.8 Å². The molecule has 1 atom stereocenters. The van der Waals surface area contributed by atoms with Gasteiger partial charge in [0.15, 0.2) is 0 Å². The summed E-state index contributed by atoms with van der Waals surface area (Å²) in [5.41, 5.74) is -0.833. The second-order valence-corrected chi connectivity index (χ2v) is 7.18. The molecule has 0 aliphatic carbocycles. The van der Waals surface area contributed by atoms with Crippen molar-refractivity contribution < 1.29 is 32.5 Å². The Hall–Kier alpha value is -1.96. The van der Waals surface area contributed by atoms with Gasteiger partial charge in [0.1, 0.15) is 18.0 Å². The monoisotopic (exact) mass is 391 g/mol. The molecule has 0 aromatic heterocycles. The summed E-state index contributed by atoms with van der Waals surface area (Å²) >= 11 is 0. The van der Waals surface area contributed by atoms with Crippen LogP contribution in [0.1, 0.15) is 51.7 Å². The van der Waals surface area contributed by atoms with Gasteiger partial charge in [-0.25, -0.2) is 4.79 Å². The van der Waals surface area contributed by atoms with Crippen molar-refractivity contribution in [2.24, 2.45) is 0 Å². The number of alkyl halides is 3. The fraction of sp³-hybridized carbons (Fsp3) is 0.632. The van der Waals surface area contributed by atoms with E-state index in [1.807, 2.05) is 6.92 Å². The molecule has 0 bridgehead atoms. The predicted octanol–water partition coefficient (Wildman–Crippen LogP) is 4.31. The molecule has 0 aliphatic heterocycles. The largest absolute Gasteiger partial charge is 0.491 e. The molecule has 0 spiro atoms. The number of ether oxygens (including phenoxy) is 2. The Bertz CT molecular complexity index is 612. The van der Waals surface area contributed by atoms with E-state index < -0.39 is 23.4 Å². The summed E-state index contributed by atoms with van der Waals surface area (Å²) in [6.45, 7) is 6.80. The lowest BCUT2D eigenvalue weighted by molar-refractivity contribution is -0.137. The van der Waals surface area contributed by atoms with Crippen molar-refractivity contribution in [2.75, 3.05) is 13.2 Å². The number of carbonyl (C=O) groups excluding carboxylic acids is 1.